The molecule has 0 bridgehead atoms. The van der Waals surface area contributed by atoms with Crippen LogP contribution in [-0.4, -0.2) is 29.5 Å². The lowest BCUT2D eigenvalue weighted by Gasteiger charge is -2.09. The third-order valence-electron chi connectivity index (χ3n) is 5.04. The van der Waals surface area contributed by atoms with Gasteiger partial charge in [-0.3, -0.25) is 0 Å². The minimum absolute atomic E-state index is 0.676. The molecule has 8 heteroatoms. The van der Waals surface area contributed by atoms with E-state index in [1.165, 1.54) is 35.1 Å². The van der Waals surface area contributed by atoms with Gasteiger partial charge in [-0.05, 0) is 43.4 Å². The van der Waals surface area contributed by atoms with Crippen molar-refractivity contribution >= 4 is 50.0 Å². The van der Waals surface area contributed by atoms with E-state index in [9.17, 15) is 0 Å². The average Bonchev–Trinajstić information content (AvgIpc) is 3.39. The molecule has 0 saturated carbocycles. The van der Waals surface area contributed by atoms with Gasteiger partial charge in [0.25, 0.3) is 0 Å². The number of rotatable bonds is 3. The van der Waals surface area contributed by atoms with E-state index in [-0.39, 0.29) is 0 Å². The fraction of sp³-hybridized carbons (Fsp3) is 0.263. The Kier molecular flexibility index (Phi) is 3.48. The van der Waals surface area contributed by atoms with Crippen molar-refractivity contribution in [1.82, 2.24) is 29.5 Å². The summed E-state index contributed by atoms with van der Waals surface area (Å²) in [6, 6.07) is 8.07. The summed E-state index contributed by atoms with van der Waals surface area (Å²) in [6.45, 7) is 0. The van der Waals surface area contributed by atoms with Crippen molar-refractivity contribution < 1.29 is 0 Å². The monoisotopic (exact) mass is 392 g/mol. The predicted molar refractivity (Wildman–Crippen MR) is 108 cm³/mol. The van der Waals surface area contributed by atoms with Crippen LogP contribution in [0.5, 0.6) is 0 Å². The second-order valence-electron chi connectivity index (χ2n) is 6.78. The van der Waals surface area contributed by atoms with Crippen LogP contribution < -0.4 is 0 Å². The molecule has 0 saturated heterocycles. The first-order chi connectivity index (χ1) is 13.3. The Morgan fingerprint density at radius 2 is 2.07 bits per heavy atom. The standard InChI is InChI=1S/C19H16N6S2/c1-4-8-14-11(5-1)16-17-23-15(24-25(17)10-20-18(16)27-14)9-26-19-21-12-6-2-3-7-13(12)22-19/h2-3,6-7,10H,1,4-5,8-9H2,(H,21,22). The zero-order valence-corrected chi connectivity index (χ0v) is 16.1. The Morgan fingerprint density at radius 1 is 1.15 bits per heavy atom. The number of nitrogens with zero attached hydrogens (tertiary/aromatic N) is 5. The van der Waals surface area contributed by atoms with E-state index in [1.807, 2.05) is 40.1 Å². The Labute approximate surface area is 163 Å². The highest BCUT2D eigenvalue weighted by molar-refractivity contribution is 7.98. The number of thioether (sulfide) groups is 1. The first-order valence-electron chi connectivity index (χ1n) is 9.07. The second-order valence-corrected chi connectivity index (χ2v) is 8.83. The molecule has 0 aliphatic heterocycles. The molecule has 0 atom stereocenters. The van der Waals surface area contributed by atoms with Gasteiger partial charge in [0.05, 0.1) is 22.2 Å². The molecule has 0 spiro atoms. The predicted octanol–water partition coefficient (Wildman–Crippen LogP) is 4.39. The number of para-hydroxylation sites is 2. The van der Waals surface area contributed by atoms with E-state index in [4.69, 9.17) is 4.98 Å². The molecule has 6 rings (SSSR count). The van der Waals surface area contributed by atoms with Crippen molar-refractivity contribution in [2.45, 2.75) is 36.6 Å². The summed E-state index contributed by atoms with van der Waals surface area (Å²) in [6.07, 6.45) is 6.63. The largest absolute Gasteiger partial charge is 0.333 e. The molecule has 27 heavy (non-hydrogen) atoms. The molecule has 134 valence electrons. The maximum atomic E-state index is 4.85. The van der Waals surface area contributed by atoms with Gasteiger partial charge in [0.1, 0.15) is 11.2 Å². The molecule has 1 aliphatic carbocycles. The van der Waals surface area contributed by atoms with Crippen LogP contribution in [0.25, 0.3) is 26.9 Å². The highest BCUT2D eigenvalue weighted by atomic mass is 32.2. The van der Waals surface area contributed by atoms with Gasteiger partial charge in [-0.25, -0.2) is 19.5 Å². The number of hydrogen-bond acceptors (Lipinski definition) is 6. The number of aromatic amines is 1. The van der Waals surface area contributed by atoms with Crippen molar-refractivity contribution in [3.05, 3.63) is 46.9 Å². The molecule has 1 N–H and O–H groups in total. The van der Waals surface area contributed by atoms with Gasteiger partial charge in [-0.2, -0.15) is 0 Å². The molecule has 4 heterocycles. The fourth-order valence-electron chi connectivity index (χ4n) is 3.79. The Hall–Kier alpha value is -2.45. The third-order valence-corrected chi connectivity index (χ3v) is 7.11. The third kappa shape index (κ3) is 2.55. The van der Waals surface area contributed by atoms with Crippen molar-refractivity contribution in [3.8, 4) is 0 Å². The van der Waals surface area contributed by atoms with Gasteiger partial charge in [0, 0.05) is 4.88 Å². The zero-order valence-electron chi connectivity index (χ0n) is 14.5. The number of hydrogen-bond donors (Lipinski definition) is 1. The Balaban J connectivity index is 1.36. The van der Waals surface area contributed by atoms with Gasteiger partial charge >= 0.3 is 0 Å². The van der Waals surface area contributed by atoms with Crippen LogP contribution in [0.15, 0.2) is 35.7 Å². The minimum atomic E-state index is 0.676. The summed E-state index contributed by atoms with van der Waals surface area (Å²) in [5.41, 5.74) is 4.43. The first kappa shape index (κ1) is 15.6. The van der Waals surface area contributed by atoms with Gasteiger partial charge in [-0.1, -0.05) is 23.9 Å². The number of H-pyrrole nitrogens is 1. The normalized spacial score (nSPS) is 14.4. The summed E-state index contributed by atoms with van der Waals surface area (Å²) in [7, 11) is 0. The maximum absolute atomic E-state index is 4.85. The molecule has 4 aromatic heterocycles. The lowest BCUT2D eigenvalue weighted by molar-refractivity contribution is 0.700. The average molecular weight is 393 g/mol. The number of aromatic nitrogens is 6. The summed E-state index contributed by atoms with van der Waals surface area (Å²) < 4.78 is 1.83. The topological polar surface area (TPSA) is 71.8 Å². The van der Waals surface area contributed by atoms with E-state index >= 15 is 0 Å². The SMILES string of the molecule is c1ccc2[nH]c(SCc3nc4c5c6c(sc5ncn4n3)CCCC6)nc2c1. The summed E-state index contributed by atoms with van der Waals surface area (Å²) in [5.74, 6) is 1.49. The summed E-state index contributed by atoms with van der Waals surface area (Å²) >= 11 is 3.45. The molecule has 1 aromatic carbocycles. The van der Waals surface area contributed by atoms with Gasteiger partial charge in [0.2, 0.25) is 0 Å². The molecule has 0 fully saturated rings. The van der Waals surface area contributed by atoms with Crippen LogP contribution in [0.3, 0.4) is 0 Å². The van der Waals surface area contributed by atoms with Crippen LogP contribution >= 0.6 is 23.1 Å². The van der Waals surface area contributed by atoms with Crippen LogP contribution in [0.4, 0.5) is 0 Å². The number of nitrogens with one attached hydrogen (secondary N) is 1. The lowest BCUT2D eigenvalue weighted by atomic mass is 9.97. The number of imidazole rings is 1. The van der Waals surface area contributed by atoms with E-state index in [0.717, 1.165) is 38.9 Å². The maximum Gasteiger partial charge on any atom is 0.167 e. The molecule has 0 unspecified atom stereocenters. The van der Waals surface area contributed by atoms with Crippen LogP contribution in [0.2, 0.25) is 0 Å². The number of fused-ring (bicyclic) bond motifs is 6. The van der Waals surface area contributed by atoms with Crippen LogP contribution in [0, 0.1) is 0 Å². The number of aryl methyl sites for hydroxylation is 2. The lowest BCUT2D eigenvalue weighted by Crippen LogP contribution is -1.99. The molecule has 6 nitrogen and oxygen atoms in total. The molecular formula is C19H16N6S2. The van der Waals surface area contributed by atoms with Crippen LogP contribution in [-0.2, 0) is 18.6 Å². The summed E-state index contributed by atoms with van der Waals surface area (Å²) in [4.78, 5) is 20.0. The molecule has 0 radical (unpaired) electrons. The molecule has 5 aromatic rings. The highest BCUT2D eigenvalue weighted by Gasteiger charge is 2.20. The van der Waals surface area contributed by atoms with Crippen molar-refractivity contribution in [2.24, 2.45) is 0 Å². The van der Waals surface area contributed by atoms with Gasteiger partial charge in [0.15, 0.2) is 16.6 Å². The highest BCUT2D eigenvalue weighted by Crippen LogP contribution is 2.37. The van der Waals surface area contributed by atoms with Crippen molar-refractivity contribution in [2.75, 3.05) is 0 Å². The molecular weight excluding hydrogens is 376 g/mol. The van der Waals surface area contributed by atoms with Crippen molar-refractivity contribution in [1.29, 1.82) is 0 Å². The number of thiophene rings is 1. The minimum Gasteiger partial charge on any atom is -0.333 e. The molecule has 0 amide bonds. The number of benzene rings is 1. The van der Waals surface area contributed by atoms with Gasteiger partial charge < -0.3 is 4.98 Å². The van der Waals surface area contributed by atoms with E-state index in [0.29, 0.717) is 5.75 Å². The zero-order chi connectivity index (χ0) is 17.8. The quantitative estimate of drug-likeness (QED) is 0.461. The molecule has 1 aliphatic rings. The van der Waals surface area contributed by atoms with E-state index < -0.39 is 0 Å². The first-order valence-corrected chi connectivity index (χ1v) is 10.9. The second kappa shape index (κ2) is 6.03. The van der Waals surface area contributed by atoms with Crippen molar-refractivity contribution in [3.63, 3.8) is 0 Å². The van der Waals surface area contributed by atoms with E-state index in [2.05, 4.69) is 20.1 Å². The fourth-order valence-corrected chi connectivity index (χ4v) is 5.75. The van der Waals surface area contributed by atoms with E-state index in [1.54, 1.807) is 18.1 Å². The van der Waals surface area contributed by atoms with Gasteiger partial charge in [-0.15, -0.1) is 16.4 Å². The smallest absolute Gasteiger partial charge is 0.167 e. The van der Waals surface area contributed by atoms with Crippen LogP contribution in [0.1, 0.15) is 29.1 Å². The summed E-state index contributed by atoms with van der Waals surface area (Å²) in [5, 5.41) is 6.75. The Bertz CT molecular complexity index is 1270. The Morgan fingerprint density at radius 3 is 3.04 bits per heavy atom.